The van der Waals surface area contributed by atoms with Gasteiger partial charge in [-0.2, -0.15) is 13.2 Å². The molecule has 1 aliphatic heterocycles. The predicted octanol–water partition coefficient (Wildman–Crippen LogP) is 4.85. The summed E-state index contributed by atoms with van der Waals surface area (Å²) in [7, 11) is -4.58. The molecule has 40 heavy (non-hydrogen) atoms. The van der Waals surface area contributed by atoms with Gasteiger partial charge < -0.3 is 5.32 Å². The minimum Gasteiger partial charge on any atom is -0.349 e. The first-order valence-corrected chi connectivity index (χ1v) is 14.8. The van der Waals surface area contributed by atoms with E-state index < -0.39 is 49.2 Å². The summed E-state index contributed by atoms with van der Waals surface area (Å²) in [4.78, 5) is 24.5. The molecule has 0 saturated carbocycles. The molecule has 0 radical (unpaired) electrons. The van der Waals surface area contributed by atoms with Gasteiger partial charge in [0.2, 0.25) is 15.9 Å². The summed E-state index contributed by atoms with van der Waals surface area (Å²) in [5.74, 6) is -0.410. The van der Waals surface area contributed by atoms with Gasteiger partial charge in [0.15, 0.2) is 4.90 Å². The Kier molecular flexibility index (Phi) is 9.16. The van der Waals surface area contributed by atoms with Gasteiger partial charge in [0.25, 0.3) is 5.69 Å². The van der Waals surface area contributed by atoms with Crippen molar-refractivity contribution in [2.75, 3.05) is 13.1 Å². The molecule has 1 heterocycles. The number of rotatable bonds is 9. The Balaban J connectivity index is 1.39. The van der Waals surface area contributed by atoms with E-state index in [9.17, 15) is 36.5 Å². The number of hydrogen-bond donors (Lipinski definition) is 2. The third-order valence-electron chi connectivity index (χ3n) is 7.33. The van der Waals surface area contributed by atoms with Crippen LogP contribution in [-0.2, 0) is 34.0 Å². The number of sulfonamides is 1. The van der Waals surface area contributed by atoms with Crippen molar-refractivity contribution in [3.05, 3.63) is 68.8 Å². The number of likely N-dealkylation sites (tertiary alicyclic amines) is 1. The van der Waals surface area contributed by atoms with Crippen LogP contribution in [0.4, 0.5) is 18.9 Å². The normalized spacial score (nSPS) is 19.1. The summed E-state index contributed by atoms with van der Waals surface area (Å²) < 4.78 is 66.7. The number of carbonyl (C=O) groups is 1. The SMILES string of the molecule is C[C@@H](CC(=O)N[C@@H]1CCCc2cc(CN3CCCCC3)ccc21)NS(=O)(=O)c1ccc(C(F)(F)F)cc1[N+](=O)[O-]. The third-order valence-corrected chi connectivity index (χ3v) is 8.97. The molecule has 1 fully saturated rings. The molecule has 2 aliphatic rings. The van der Waals surface area contributed by atoms with E-state index in [0.29, 0.717) is 12.1 Å². The Labute approximate surface area is 231 Å². The third kappa shape index (κ3) is 7.38. The van der Waals surface area contributed by atoms with Crippen LogP contribution in [0, 0.1) is 10.1 Å². The van der Waals surface area contributed by atoms with Crippen LogP contribution in [0.5, 0.6) is 0 Å². The van der Waals surface area contributed by atoms with Crippen LogP contribution in [-0.4, -0.2) is 43.3 Å². The van der Waals surface area contributed by atoms with E-state index in [1.165, 1.54) is 37.3 Å². The van der Waals surface area contributed by atoms with Gasteiger partial charge in [-0.05, 0) is 80.9 Å². The average Bonchev–Trinajstić information content (AvgIpc) is 2.88. The summed E-state index contributed by atoms with van der Waals surface area (Å²) >= 11 is 0. The standard InChI is InChI=1S/C27H33F3N4O5S/c1-18(32-40(38,39)25-11-9-21(27(28,29)30)16-24(25)34(36)37)14-26(35)31-23-7-5-6-20-15-19(8-10-22(20)23)17-33-12-3-2-4-13-33/h8-11,15-16,18,23,32H,2-7,12-14,17H2,1H3,(H,31,35)/t18-,23+/m0/s1. The highest BCUT2D eigenvalue weighted by Gasteiger charge is 2.36. The average molecular weight is 583 g/mol. The molecular formula is C27H33F3N4O5S. The fourth-order valence-corrected chi connectivity index (χ4v) is 6.85. The highest BCUT2D eigenvalue weighted by atomic mass is 32.2. The smallest absolute Gasteiger partial charge is 0.349 e. The summed E-state index contributed by atoms with van der Waals surface area (Å²) in [5, 5.41) is 14.3. The number of nitrogens with one attached hydrogen (secondary N) is 2. The lowest BCUT2D eigenvalue weighted by Crippen LogP contribution is -2.39. The Hall–Kier alpha value is -3.03. The zero-order valence-corrected chi connectivity index (χ0v) is 23.0. The zero-order valence-electron chi connectivity index (χ0n) is 22.2. The van der Waals surface area contributed by atoms with E-state index in [0.717, 1.165) is 44.5 Å². The van der Waals surface area contributed by atoms with Crippen LogP contribution in [0.25, 0.3) is 0 Å². The minimum absolute atomic E-state index is 0.185. The molecule has 13 heteroatoms. The lowest BCUT2D eigenvalue weighted by atomic mass is 9.86. The molecule has 2 aromatic rings. The van der Waals surface area contributed by atoms with Gasteiger partial charge in [-0.25, -0.2) is 13.1 Å². The number of halogens is 3. The molecule has 2 atom stereocenters. The van der Waals surface area contributed by atoms with E-state index in [4.69, 9.17) is 0 Å². The molecule has 2 aromatic carbocycles. The fraction of sp³-hybridized carbons (Fsp3) is 0.519. The molecule has 0 unspecified atom stereocenters. The van der Waals surface area contributed by atoms with Crippen LogP contribution in [0.1, 0.15) is 73.7 Å². The molecule has 2 N–H and O–H groups in total. The molecule has 1 saturated heterocycles. The van der Waals surface area contributed by atoms with Crippen molar-refractivity contribution in [2.45, 2.75) is 81.6 Å². The maximum atomic E-state index is 13.0. The summed E-state index contributed by atoms with van der Waals surface area (Å²) in [6.07, 6.45) is 1.12. The Morgan fingerprint density at radius 1 is 1.12 bits per heavy atom. The molecular weight excluding hydrogens is 549 g/mol. The number of alkyl halides is 3. The number of aryl methyl sites for hydroxylation is 1. The van der Waals surface area contributed by atoms with Gasteiger partial charge in [-0.1, -0.05) is 24.6 Å². The molecule has 4 rings (SSSR count). The van der Waals surface area contributed by atoms with Gasteiger partial charge in [0.1, 0.15) is 0 Å². The topological polar surface area (TPSA) is 122 Å². The highest BCUT2D eigenvalue weighted by Crippen LogP contribution is 2.35. The van der Waals surface area contributed by atoms with Crippen molar-refractivity contribution in [1.29, 1.82) is 0 Å². The monoisotopic (exact) mass is 582 g/mol. The molecule has 0 aromatic heterocycles. The second-order valence-electron chi connectivity index (χ2n) is 10.5. The van der Waals surface area contributed by atoms with Crippen molar-refractivity contribution in [3.8, 4) is 0 Å². The first-order chi connectivity index (χ1) is 18.8. The lowest BCUT2D eigenvalue weighted by Gasteiger charge is -2.29. The highest BCUT2D eigenvalue weighted by molar-refractivity contribution is 7.89. The number of nitro groups is 1. The number of piperidine rings is 1. The Morgan fingerprint density at radius 2 is 1.85 bits per heavy atom. The minimum atomic E-state index is -4.88. The van der Waals surface area contributed by atoms with Crippen LogP contribution >= 0.6 is 0 Å². The van der Waals surface area contributed by atoms with Crippen LogP contribution in [0.3, 0.4) is 0 Å². The number of fused-ring (bicyclic) bond motifs is 1. The fourth-order valence-electron chi connectivity index (χ4n) is 5.46. The number of benzene rings is 2. The van der Waals surface area contributed by atoms with Crippen molar-refractivity contribution in [1.82, 2.24) is 14.9 Å². The second-order valence-corrected chi connectivity index (χ2v) is 12.2. The zero-order chi connectivity index (χ0) is 29.1. The van der Waals surface area contributed by atoms with Gasteiger partial charge in [0.05, 0.1) is 16.5 Å². The Morgan fingerprint density at radius 3 is 2.52 bits per heavy atom. The molecule has 0 bridgehead atoms. The van der Waals surface area contributed by atoms with Crippen molar-refractivity contribution >= 4 is 21.6 Å². The van der Waals surface area contributed by atoms with Gasteiger partial charge in [-0.3, -0.25) is 19.8 Å². The van der Waals surface area contributed by atoms with Crippen molar-refractivity contribution < 1.29 is 31.3 Å². The van der Waals surface area contributed by atoms with Crippen LogP contribution < -0.4 is 10.0 Å². The lowest BCUT2D eigenvalue weighted by molar-refractivity contribution is -0.388. The molecule has 0 spiro atoms. The quantitative estimate of drug-likeness (QED) is 0.322. The first-order valence-electron chi connectivity index (χ1n) is 13.3. The molecule has 218 valence electrons. The Bertz CT molecular complexity index is 1360. The number of nitro benzene ring substituents is 1. The van der Waals surface area contributed by atoms with Crippen molar-refractivity contribution in [3.63, 3.8) is 0 Å². The second kappa shape index (κ2) is 12.2. The maximum Gasteiger partial charge on any atom is 0.416 e. The molecule has 1 amide bonds. The molecule has 1 aliphatic carbocycles. The van der Waals surface area contributed by atoms with E-state index >= 15 is 0 Å². The van der Waals surface area contributed by atoms with Gasteiger partial charge >= 0.3 is 6.18 Å². The van der Waals surface area contributed by atoms with E-state index in [1.807, 2.05) is 0 Å². The van der Waals surface area contributed by atoms with Crippen LogP contribution in [0.2, 0.25) is 0 Å². The number of amides is 1. The number of carbonyl (C=O) groups excluding carboxylic acids is 1. The molecule has 9 nitrogen and oxygen atoms in total. The maximum absolute atomic E-state index is 13.0. The van der Waals surface area contributed by atoms with Crippen molar-refractivity contribution in [2.24, 2.45) is 0 Å². The largest absolute Gasteiger partial charge is 0.416 e. The summed E-state index contributed by atoms with van der Waals surface area (Å²) in [5.41, 5.74) is 0.937. The number of nitrogens with zero attached hydrogens (tertiary/aromatic N) is 2. The first kappa shape index (κ1) is 29.9. The van der Waals surface area contributed by atoms with Gasteiger partial charge in [-0.15, -0.1) is 0 Å². The van der Waals surface area contributed by atoms with E-state index in [2.05, 4.69) is 33.1 Å². The van der Waals surface area contributed by atoms with Crippen LogP contribution in [0.15, 0.2) is 41.3 Å². The number of hydrogen-bond acceptors (Lipinski definition) is 6. The predicted molar refractivity (Wildman–Crippen MR) is 142 cm³/mol. The van der Waals surface area contributed by atoms with E-state index in [-0.39, 0.29) is 18.5 Å². The van der Waals surface area contributed by atoms with E-state index in [1.54, 1.807) is 0 Å². The summed E-state index contributed by atoms with van der Waals surface area (Å²) in [6.45, 7) is 4.52. The summed E-state index contributed by atoms with van der Waals surface area (Å²) in [6, 6.07) is 6.36. The van der Waals surface area contributed by atoms with Gasteiger partial charge in [0, 0.05) is 25.1 Å².